The number of hydrogen-bond acceptors (Lipinski definition) is 12. The van der Waals surface area contributed by atoms with E-state index in [0.717, 1.165) is 38.7 Å². The Morgan fingerprint density at radius 1 is 0.986 bits per heavy atom. The number of benzene rings is 3. The van der Waals surface area contributed by atoms with Gasteiger partial charge in [0.25, 0.3) is 5.91 Å². The number of aromatic nitrogens is 1. The summed E-state index contributed by atoms with van der Waals surface area (Å²) in [5, 5.41) is 25.4. The van der Waals surface area contributed by atoms with Gasteiger partial charge < -0.3 is 39.8 Å². The fourth-order valence-electron chi connectivity index (χ4n) is 8.01. The number of aliphatic hydroxyl groups excluding tert-OH is 1. The van der Waals surface area contributed by atoms with Gasteiger partial charge in [-0.25, -0.2) is 4.98 Å². The van der Waals surface area contributed by atoms with Gasteiger partial charge >= 0.3 is 6.18 Å². The van der Waals surface area contributed by atoms with E-state index in [1.54, 1.807) is 65.9 Å². The topological polar surface area (TPSA) is 187 Å². The van der Waals surface area contributed by atoms with Gasteiger partial charge in [-0.15, -0.1) is 11.3 Å². The number of nitrogens with one attached hydrogen (secondary N) is 2. The maximum atomic E-state index is 13.9. The highest BCUT2D eigenvalue weighted by Crippen LogP contribution is 2.40. The molecule has 0 aliphatic carbocycles. The van der Waals surface area contributed by atoms with Crippen molar-refractivity contribution in [2.24, 2.45) is 5.41 Å². The number of amides is 4. The van der Waals surface area contributed by atoms with E-state index >= 15 is 0 Å². The van der Waals surface area contributed by atoms with Crippen molar-refractivity contribution in [3.63, 3.8) is 0 Å². The third-order valence-corrected chi connectivity index (χ3v) is 13.0. The molecule has 0 unspecified atom stereocenters. The summed E-state index contributed by atoms with van der Waals surface area (Å²) in [5.74, 6) is -1.36. The molecular weight excluding hydrogens is 936 g/mol. The lowest BCUT2D eigenvalue weighted by Gasteiger charge is -2.35. The molecule has 15 nitrogen and oxygen atoms in total. The number of rotatable bonds is 19. The molecule has 20 heteroatoms. The summed E-state index contributed by atoms with van der Waals surface area (Å²) in [6.07, 6.45) is -4.57. The number of aliphatic hydroxyl groups is 1. The van der Waals surface area contributed by atoms with Gasteiger partial charge in [-0.05, 0) is 98.4 Å². The van der Waals surface area contributed by atoms with Crippen molar-refractivity contribution >= 4 is 63.7 Å². The SMILES string of the molecule is Cc1ncsc1-c1ccc(CNC(=O)[C@@H]2C[C@@H](O)CN2C(=O)[C@@H](NC(=O)COCCCOCCCOc2ccc(N3C(=S)N(c4ccc(C#N)c(C(F)(F)F)c4)C(=O)C3(C)C)cc2)C(C)(C)C)cc1. The van der Waals surface area contributed by atoms with Crippen molar-refractivity contribution in [3.8, 4) is 22.3 Å². The van der Waals surface area contributed by atoms with E-state index in [0.29, 0.717) is 44.1 Å². The summed E-state index contributed by atoms with van der Waals surface area (Å²) in [6, 6.07) is 17.3. The zero-order valence-corrected chi connectivity index (χ0v) is 40.9. The van der Waals surface area contributed by atoms with Gasteiger partial charge in [0.15, 0.2) is 5.11 Å². The summed E-state index contributed by atoms with van der Waals surface area (Å²) in [4.78, 5) is 63.2. The summed E-state index contributed by atoms with van der Waals surface area (Å²) in [6.45, 7) is 11.8. The van der Waals surface area contributed by atoms with Gasteiger partial charge in [0.2, 0.25) is 17.7 Å². The molecule has 4 amide bonds. The average Bonchev–Trinajstić information content (AvgIpc) is 3.97. The van der Waals surface area contributed by atoms with Crippen LogP contribution in [0, 0.1) is 23.7 Å². The molecule has 0 spiro atoms. The maximum absolute atomic E-state index is 13.9. The summed E-state index contributed by atoms with van der Waals surface area (Å²) in [5.41, 5.74) is 1.40. The molecule has 0 saturated carbocycles. The molecule has 3 atom stereocenters. The summed E-state index contributed by atoms with van der Waals surface area (Å²) < 4.78 is 58.2. The number of carbonyl (C=O) groups excluding carboxylic acids is 4. The Labute approximate surface area is 408 Å². The zero-order valence-electron chi connectivity index (χ0n) is 39.2. The Bertz CT molecular complexity index is 2540. The first-order chi connectivity index (χ1) is 32.6. The highest BCUT2D eigenvalue weighted by molar-refractivity contribution is 7.81. The Morgan fingerprint density at radius 3 is 2.26 bits per heavy atom. The maximum Gasteiger partial charge on any atom is 0.417 e. The number of alkyl halides is 3. The first-order valence-electron chi connectivity index (χ1n) is 22.3. The van der Waals surface area contributed by atoms with Crippen LogP contribution >= 0.6 is 23.6 Å². The van der Waals surface area contributed by atoms with Crippen molar-refractivity contribution in [2.45, 2.75) is 97.3 Å². The predicted molar refractivity (Wildman–Crippen MR) is 257 cm³/mol. The van der Waals surface area contributed by atoms with E-state index in [2.05, 4.69) is 15.6 Å². The van der Waals surface area contributed by atoms with Gasteiger partial charge in [-0.3, -0.25) is 24.1 Å². The van der Waals surface area contributed by atoms with Crippen LogP contribution in [0.4, 0.5) is 24.5 Å². The second-order valence-electron chi connectivity index (χ2n) is 18.3. The molecule has 69 heavy (non-hydrogen) atoms. The quantitative estimate of drug-likeness (QED) is 0.0651. The molecule has 4 aromatic rings. The second kappa shape index (κ2) is 22.2. The number of likely N-dealkylation sites (tertiary alicyclic amines) is 1. The molecule has 0 radical (unpaired) electrons. The summed E-state index contributed by atoms with van der Waals surface area (Å²) in [7, 11) is 0. The van der Waals surface area contributed by atoms with E-state index < -0.39 is 70.1 Å². The smallest absolute Gasteiger partial charge is 0.417 e. The van der Waals surface area contributed by atoms with Crippen molar-refractivity contribution in [1.29, 1.82) is 5.26 Å². The Kier molecular flexibility index (Phi) is 16.8. The van der Waals surface area contributed by atoms with Crippen molar-refractivity contribution in [2.75, 3.05) is 49.4 Å². The molecular formula is C49H56F3N7O8S2. The number of anilines is 2. The molecule has 6 rings (SSSR count). The number of thiazole rings is 1. The van der Waals surface area contributed by atoms with Crippen LogP contribution in [-0.4, -0.2) is 107 Å². The van der Waals surface area contributed by atoms with Crippen LogP contribution in [0.3, 0.4) is 0 Å². The summed E-state index contributed by atoms with van der Waals surface area (Å²) >= 11 is 7.17. The van der Waals surface area contributed by atoms with E-state index in [1.165, 1.54) is 11.0 Å². The van der Waals surface area contributed by atoms with Crippen LogP contribution in [0.25, 0.3) is 10.4 Å². The minimum absolute atomic E-state index is 0.0157. The lowest BCUT2D eigenvalue weighted by molar-refractivity contribution is -0.144. The van der Waals surface area contributed by atoms with Crippen LogP contribution in [0.2, 0.25) is 0 Å². The number of carbonyl (C=O) groups is 4. The lowest BCUT2D eigenvalue weighted by Crippen LogP contribution is -2.58. The Hall–Kier alpha value is -5.98. The monoisotopic (exact) mass is 991 g/mol. The number of halogens is 3. The van der Waals surface area contributed by atoms with Gasteiger partial charge in [0.1, 0.15) is 30.0 Å². The number of ether oxygens (including phenoxy) is 3. The zero-order chi connectivity index (χ0) is 50.3. The van der Waals surface area contributed by atoms with E-state index in [4.69, 9.17) is 26.4 Å². The van der Waals surface area contributed by atoms with Crippen LogP contribution in [-0.2, 0) is 41.4 Å². The second-order valence-corrected chi connectivity index (χ2v) is 19.5. The van der Waals surface area contributed by atoms with Crippen LogP contribution in [0.1, 0.15) is 76.3 Å². The number of hydrogen-bond donors (Lipinski definition) is 3. The van der Waals surface area contributed by atoms with Gasteiger partial charge in [-0.1, -0.05) is 45.0 Å². The fourth-order valence-corrected chi connectivity index (χ4v) is 9.35. The first-order valence-corrected chi connectivity index (χ1v) is 23.6. The average molecular weight is 992 g/mol. The molecule has 2 fully saturated rings. The standard InChI is InChI=1S/C49H56F3N7O8S2/c1-30-41(69-29-55-30)32-11-9-31(10-12-32)26-54-43(62)39-24-36(60)27-57(39)44(63)42(47(2,3)4)56-40(61)28-66-21-7-19-65-20-8-22-67-37-17-15-34(16-18-37)59-46(68)58(45(64)48(59,5)6)35-14-13-33(25-53)38(23-35)49(50,51)52/h9-18,23,29,36,39,42,60H,7-8,19-22,24,26-28H2,1-6H3,(H,54,62)(H,56,61)/t36-,39+,42-/m1/s1. The van der Waals surface area contributed by atoms with E-state index in [1.807, 2.05) is 52.0 Å². The predicted octanol–water partition coefficient (Wildman–Crippen LogP) is 6.93. The van der Waals surface area contributed by atoms with Crippen LogP contribution in [0.5, 0.6) is 5.75 Å². The number of thiocarbonyl (C=S) groups is 1. The molecule has 2 aliphatic heterocycles. The molecule has 3 heterocycles. The third kappa shape index (κ3) is 12.6. The highest BCUT2D eigenvalue weighted by Gasteiger charge is 2.51. The normalized spacial score (nSPS) is 17.5. The van der Waals surface area contributed by atoms with Gasteiger partial charge in [0, 0.05) is 51.4 Å². The molecule has 0 bridgehead atoms. The third-order valence-electron chi connectivity index (χ3n) is 11.7. The first kappa shape index (κ1) is 52.4. The van der Waals surface area contributed by atoms with Crippen molar-refractivity contribution in [3.05, 3.63) is 94.6 Å². The van der Waals surface area contributed by atoms with E-state index in [-0.39, 0.29) is 43.5 Å². The highest BCUT2D eigenvalue weighted by atomic mass is 32.1. The number of β-amino-alcohol motifs (C(OH)–C–C–N with tert-alkyl or cyclic N) is 1. The van der Waals surface area contributed by atoms with Crippen molar-refractivity contribution in [1.82, 2.24) is 20.5 Å². The molecule has 3 N–H and O–H groups in total. The minimum Gasteiger partial charge on any atom is -0.494 e. The molecule has 368 valence electrons. The van der Waals surface area contributed by atoms with E-state index in [9.17, 15) is 42.7 Å². The van der Waals surface area contributed by atoms with Crippen LogP contribution < -0.4 is 25.2 Å². The van der Waals surface area contributed by atoms with Gasteiger partial charge in [-0.2, -0.15) is 18.4 Å². The molecule has 1 aromatic heterocycles. The lowest BCUT2D eigenvalue weighted by atomic mass is 9.85. The molecule has 3 aromatic carbocycles. The number of nitriles is 1. The van der Waals surface area contributed by atoms with Gasteiger partial charge in [0.05, 0.1) is 51.7 Å². The van der Waals surface area contributed by atoms with Crippen molar-refractivity contribution < 1.29 is 51.7 Å². The number of aryl methyl sites for hydroxylation is 1. The Balaban J connectivity index is 0.883. The molecule has 2 saturated heterocycles. The van der Waals surface area contributed by atoms with Crippen LogP contribution in [0.15, 0.2) is 72.2 Å². The number of nitrogens with zero attached hydrogens (tertiary/aromatic N) is 5. The minimum atomic E-state index is -4.81. The largest absolute Gasteiger partial charge is 0.494 e. The molecule has 2 aliphatic rings. The Morgan fingerprint density at radius 2 is 1.64 bits per heavy atom. The fraction of sp³-hybridized carbons (Fsp3) is 0.449.